The third kappa shape index (κ3) is 3.70. The molecule has 1 N–H and O–H groups in total. The quantitative estimate of drug-likeness (QED) is 0.895. The van der Waals surface area contributed by atoms with Crippen LogP contribution in [-0.4, -0.2) is 37.1 Å². The van der Waals surface area contributed by atoms with Crippen LogP contribution in [0.25, 0.3) is 10.8 Å². The van der Waals surface area contributed by atoms with Crippen molar-refractivity contribution in [1.29, 1.82) is 0 Å². The summed E-state index contributed by atoms with van der Waals surface area (Å²) >= 11 is 3.59. The lowest BCUT2D eigenvalue weighted by atomic mass is 9.93. The number of hydrogen-bond acceptors (Lipinski definition) is 3. The Labute approximate surface area is 129 Å². The first kappa shape index (κ1) is 15.3. The lowest BCUT2D eigenvalue weighted by molar-refractivity contribution is 0.254. The number of pyridine rings is 1. The van der Waals surface area contributed by atoms with Gasteiger partial charge in [0.2, 0.25) is 0 Å². The number of rotatable bonds is 5. The highest BCUT2D eigenvalue weighted by molar-refractivity contribution is 9.10. The summed E-state index contributed by atoms with van der Waals surface area (Å²) in [6, 6.07) is 8.25. The first-order valence-electron chi connectivity index (χ1n) is 6.81. The summed E-state index contributed by atoms with van der Waals surface area (Å²) in [5.41, 5.74) is 0.194. The van der Waals surface area contributed by atoms with Gasteiger partial charge in [0.15, 0.2) is 0 Å². The molecule has 0 spiro atoms. The maximum absolute atomic E-state index is 4.48. The van der Waals surface area contributed by atoms with Crippen LogP contribution in [0, 0.1) is 5.41 Å². The van der Waals surface area contributed by atoms with E-state index in [4.69, 9.17) is 0 Å². The molecular weight excluding hydrogens is 314 g/mol. The predicted molar refractivity (Wildman–Crippen MR) is 90.3 cm³/mol. The number of nitrogens with one attached hydrogen (secondary N) is 1. The van der Waals surface area contributed by atoms with E-state index >= 15 is 0 Å². The van der Waals surface area contributed by atoms with Crippen LogP contribution in [0.2, 0.25) is 0 Å². The van der Waals surface area contributed by atoms with Gasteiger partial charge in [-0.3, -0.25) is 0 Å². The van der Waals surface area contributed by atoms with Crippen LogP contribution in [0.1, 0.15) is 13.8 Å². The number of aromatic nitrogens is 1. The monoisotopic (exact) mass is 335 g/mol. The second kappa shape index (κ2) is 6.10. The zero-order valence-corrected chi connectivity index (χ0v) is 14.2. The van der Waals surface area contributed by atoms with Gasteiger partial charge in [-0.25, -0.2) is 4.98 Å². The Kier molecular flexibility index (Phi) is 4.66. The molecule has 2 aromatic rings. The van der Waals surface area contributed by atoms with E-state index in [2.05, 4.69) is 71.2 Å². The van der Waals surface area contributed by atoms with E-state index in [1.807, 2.05) is 18.3 Å². The van der Waals surface area contributed by atoms with Crippen LogP contribution < -0.4 is 5.32 Å². The molecule has 0 bridgehead atoms. The molecule has 0 saturated carbocycles. The Hall–Kier alpha value is -1.13. The Balaban J connectivity index is 2.20. The van der Waals surface area contributed by atoms with Crippen molar-refractivity contribution in [2.24, 2.45) is 5.41 Å². The summed E-state index contributed by atoms with van der Waals surface area (Å²) in [5, 5.41) is 5.85. The highest BCUT2D eigenvalue weighted by atomic mass is 79.9. The summed E-state index contributed by atoms with van der Waals surface area (Å²) < 4.78 is 1.10. The third-order valence-electron chi connectivity index (χ3n) is 3.23. The molecule has 108 valence electrons. The fraction of sp³-hybridized carbons (Fsp3) is 0.438. The second-order valence-corrected chi connectivity index (χ2v) is 7.10. The normalized spacial score (nSPS) is 12.1. The van der Waals surface area contributed by atoms with Gasteiger partial charge >= 0.3 is 0 Å². The standard InChI is InChI=1S/C16H22BrN3/c1-16(2,11-20(3)4)10-19-15-13-6-5-7-14(17)12(13)8-9-18-15/h5-9H,10-11H2,1-4H3,(H,18,19). The van der Waals surface area contributed by atoms with Gasteiger partial charge in [-0.15, -0.1) is 0 Å². The average Bonchev–Trinajstić information content (AvgIpc) is 2.35. The first-order chi connectivity index (χ1) is 9.39. The molecule has 2 rings (SSSR count). The Morgan fingerprint density at radius 2 is 1.95 bits per heavy atom. The number of anilines is 1. The van der Waals surface area contributed by atoms with Crippen LogP contribution >= 0.6 is 15.9 Å². The van der Waals surface area contributed by atoms with Crippen molar-refractivity contribution in [2.45, 2.75) is 13.8 Å². The van der Waals surface area contributed by atoms with E-state index in [1.54, 1.807) is 0 Å². The molecule has 0 aliphatic rings. The van der Waals surface area contributed by atoms with E-state index in [0.717, 1.165) is 28.8 Å². The molecule has 0 fully saturated rings. The minimum Gasteiger partial charge on any atom is -0.369 e. The van der Waals surface area contributed by atoms with Crippen LogP contribution in [0.3, 0.4) is 0 Å². The van der Waals surface area contributed by atoms with Gasteiger partial charge in [-0.2, -0.15) is 0 Å². The minimum absolute atomic E-state index is 0.194. The summed E-state index contributed by atoms with van der Waals surface area (Å²) in [6.45, 7) is 6.46. The Bertz CT molecular complexity index is 593. The smallest absolute Gasteiger partial charge is 0.133 e. The van der Waals surface area contributed by atoms with Gasteiger partial charge in [0.05, 0.1) is 0 Å². The number of benzene rings is 1. The van der Waals surface area contributed by atoms with Crippen LogP contribution in [0.4, 0.5) is 5.82 Å². The first-order valence-corrected chi connectivity index (χ1v) is 7.60. The van der Waals surface area contributed by atoms with Crippen molar-refractivity contribution in [3.63, 3.8) is 0 Å². The zero-order valence-electron chi connectivity index (χ0n) is 12.6. The molecule has 4 heteroatoms. The predicted octanol–water partition coefficient (Wildman–Crippen LogP) is 4.00. The van der Waals surface area contributed by atoms with Crippen molar-refractivity contribution in [2.75, 3.05) is 32.5 Å². The summed E-state index contributed by atoms with van der Waals surface area (Å²) in [4.78, 5) is 6.70. The molecule has 0 aliphatic heterocycles. The number of hydrogen-bond donors (Lipinski definition) is 1. The van der Waals surface area contributed by atoms with E-state index < -0.39 is 0 Å². The number of nitrogens with zero attached hydrogens (tertiary/aromatic N) is 2. The summed E-state index contributed by atoms with van der Waals surface area (Å²) in [5.74, 6) is 0.954. The highest BCUT2D eigenvalue weighted by Crippen LogP contribution is 2.28. The maximum Gasteiger partial charge on any atom is 0.133 e. The molecule has 0 radical (unpaired) electrons. The van der Waals surface area contributed by atoms with Gasteiger partial charge < -0.3 is 10.2 Å². The van der Waals surface area contributed by atoms with Crippen molar-refractivity contribution in [3.05, 3.63) is 34.9 Å². The molecular formula is C16H22BrN3. The van der Waals surface area contributed by atoms with E-state index in [0.29, 0.717) is 0 Å². The van der Waals surface area contributed by atoms with Gasteiger partial charge in [-0.1, -0.05) is 41.9 Å². The van der Waals surface area contributed by atoms with E-state index in [9.17, 15) is 0 Å². The topological polar surface area (TPSA) is 28.2 Å². The molecule has 0 aliphatic carbocycles. The summed E-state index contributed by atoms with van der Waals surface area (Å²) in [6.07, 6.45) is 1.86. The molecule has 1 aromatic heterocycles. The molecule has 0 atom stereocenters. The molecule has 0 unspecified atom stereocenters. The average molecular weight is 336 g/mol. The maximum atomic E-state index is 4.48. The lowest BCUT2D eigenvalue weighted by Crippen LogP contribution is -2.34. The SMILES string of the molecule is CN(C)CC(C)(C)CNc1nccc2c(Br)cccc12. The minimum atomic E-state index is 0.194. The van der Waals surface area contributed by atoms with Crippen molar-refractivity contribution < 1.29 is 0 Å². The van der Waals surface area contributed by atoms with Crippen molar-refractivity contribution in [1.82, 2.24) is 9.88 Å². The largest absolute Gasteiger partial charge is 0.369 e. The fourth-order valence-electron chi connectivity index (χ4n) is 2.54. The molecule has 0 saturated heterocycles. The second-order valence-electron chi connectivity index (χ2n) is 6.25. The van der Waals surface area contributed by atoms with E-state index in [1.165, 1.54) is 5.39 Å². The van der Waals surface area contributed by atoms with Gasteiger partial charge in [-0.05, 0) is 31.6 Å². The molecule has 1 aromatic carbocycles. The molecule has 0 amide bonds. The Morgan fingerprint density at radius 1 is 1.20 bits per heavy atom. The Morgan fingerprint density at radius 3 is 2.65 bits per heavy atom. The van der Waals surface area contributed by atoms with Crippen LogP contribution in [0.15, 0.2) is 34.9 Å². The highest BCUT2D eigenvalue weighted by Gasteiger charge is 2.19. The fourth-order valence-corrected chi connectivity index (χ4v) is 3.04. The molecule has 3 nitrogen and oxygen atoms in total. The van der Waals surface area contributed by atoms with Gasteiger partial charge in [0.1, 0.15) is 5.82 Å². The van der Waals surface area contributed by atoms with Gasteiger partial charge in [0.25, 0.3) is 0 Å². The molecule has 1 heterocycles. The zero-order chi connectivity index (χ0) is 14.8. The van der Waals surface area contributed by atoms with Crippen LogP contribution in [-0.2, 0) is 0 Å². The third-order valence-corrected chi connectivity index (χ3v) is 3.92. The summed E-state index contributed by atoms with van der Waals surface area (Å²) in [7, 11) is 4.21. The van der Waals surface area contributed by atoms with Crippen molar-refractivity contribution in [3.8, 4) is 0 Å². The van der Waals surface area contributed by atoms with E-state index in [-0.39, 0.29) is 5.41 Å². The van der Waals surface area contributed by atoms with Crippen molar-refractivity contribution >= 4 is 32.5 Å². The number of fused-ring (bicyclic) bond motifs is 1. The molecule has 20 heavy (non-hydrogen) atoms. The van der Waals surface area contributed by atoms with Crippen LogP contribution in [0.5, 0.6) is 0 Å². The number of halogens is 1. The van der Waals surface area contributed by atoms with Gasteiger partial charge in [0, 0.05) is 34.5 Å². The lowest BCUT2D eigenvalue weighted by Gasteiger charge is -2.28.